The quantitative estimate of drug-likeness (QED) is 0.575. The molecule has 5 rings (SSSR count). The molecule has 3 heterocycles. The van der Waals surface area contributed by atoms with E-state index in [1.54, 1.807) is 0 Å². The smallest absolute Gasteiger partial charge is 0.226 e. The highest BCUT2D eigenvalue weighted by Crippen LogP contribution is 2.23. The van der Waals surface area contributed by atoms with Crippen molar-refractivity contribution in [2.75, 3.05) is 18.4 Å². The van der Waals surface area contributed by atoms with Crippen molar-refractivity contribution in [2.45, 2.75) is 39.3 Å². The number of fused-ring (bicyclic) bond motifs is 3. The molecule has 2 aromatic heterocycles. The zero-order valence-corrected chi connectivity index (χ0v) is 17.0. The number of likely N-dealkylation sites (tertiary alicyclic amines) is 1. The average molecular weight is 387 g/mol. The normalized spacial score (nSPS) is 15.9. The van der Waals surface area contributed by atoms with Gasteiger partial charge in [-0.25, -0.2) is 9.97 Å². The molecule has 1 N–H and O–H groups in total. The summed E-state index contributed by atoms with van der Waals surface area (Å²) in [6.45, 7) is 7.27. The lowest BCUT2D eigenvalue weighted by molar-refractivity contribution is 0.211. The largest absolute Gasteiger partial charge is 0.351 e. The summed E-state index contributed by atoms with van der Waals surface area (Å²) in [6.07, 6.45) is 2.19. The van der Waals surface area contributed by atoms with Gasteiger partial charge in [-0.3, -0.25) is 4.90 Å². The molecule has 6 heteroatoms. The third-order valence-electron chi connectivity index (χ3n) is 5.69. The maximum atomic E-state index is 4.84. The highest BCUT2D eigenvalue weighted by atomic mass is 15.4. The number of rotatable bonds is 4. The van der Waals surface area contributed by atoms with Gasteiger partial charge < -0.3 is 5.32 Å². The Morgan fingerprint density at radius 1 is 1.00 bits per heavy atom. The van der Waals surface area contributed by atoms with Crippen molar-refractivity contribution in [3.8, 4) is 0 Å². The van der Waals surface area contributed by atoms with Crippen LogP contribution in [0.3, 0.4) is 0 Å². The number of aryl methyl sites for hydroxylation is 2. The van der Waals surface area contributed by atoms with E-state index in [0.29, 0.717) is 6.04 Å². The van der Waals surface area contributed by atoms with Gasteiger partial charge in [0.05, 0.1) is 5.52 Å². The van der Waals surface area contributed by atoms with E-state index in [0.717, 1.165) is 60.8 Å². The monoisotopic (exact) mass is 386 g/mol. The minimum atomic E-state index is 0.394. The molecule has 0 unspecified atom stereocenters. The van der Waals surface area contributed by atoms with Crippen LogP contribution in [0.4, 0.5) is 5.95 Å². The van der Waals surface area contributed by atoms with Crippen molar-refractivity contribution in [2.24, 2.45) is 0 Å². The third kappa shape index (κ3) is 3.68. The first-order valence-electron chi connectivity index (χ1n) is 10.3. The van der Waals surface area contributed by atoms with Crippen LogP contribution in [0.25, 0.3) is 16.6 Å². The standard InChI is InChI=1S/C23H26N6/c1-16-6-5-7-18(14-16)15-28-12-10-19(11-13-28)25-23-26-21-9-4-3-8-20(21)22-24-17(2)27-29(22)23/h3-9,14,19H,10-13,15H2,1-2H3,(H,25,26). The van der Waals surface area contributed by atoms with Crippen molar-refractivity contribution < 1.29 is 0 Å². The summed E-state index contributed by atoms with van der Waals surface area (Å²) in [5, 5.41) is 9.26. The number of hydrogen-bond acceptors (Lipinski definition) is 5. The molecule has 4 aromatic rings. The van der Waals surface area contributed by atoms with E-state index in [9.17, 15) is 0 Å². The van der Waals surface area contributed by atoms with Gasteiger partial charge in [-0.2, -0.15) is 4.52 Å². The number of benzene rings is 2. The number of hydrogen-bond donors (Lipinski definition) is 1. The number of para-hydroxylation sites is 1. The zero-order chi connectivity index (χ0) is 19.8. The predicted molar refractivity (Wildman–Crippen MR) is 116 cm³/mol. The van der Waals surface area contributed by atoms with Crippen LogP contribution in [-0.4, -0.2) is 43.6 Å². The first-order chi connectivity index (χ1) is 14.2. The van der Waals surface area contributed by atoms with Crippen molar-refractivity contribution in [1.82, 2.24) is 24.5 Å². The van der Waals surface area contributed by atoms with Crippen LogP contribution in [0.2, 0.25) is 0 Å². The van der Waals surface area contributed by atoms with Crippen molar-refractivity contribution >= 4 is 22.5 Å². The maximum Gasteiger partial charge on any atom is 0.226 e. The van der Waals surface area contributed by atoms with Crippen LogP contribution in [0.1, 0.15) is 29.8 Å². The van der Waals surface area contributed by atoms with Gasteiger partial charge in [0.2, 0.25) is 5.95 Å². The van der Waals surface area contributed by atoms with Crippen LogP contribution in [0, 0.1) is 13.8 Å². The van der Waals surface area contributed by atoms with Gasteiger partial charge in [-0.05, 0) is 44.4 Å². The highest BCUT2D eigenvalue weighted by molar-refractivity contribution is 5.92. The molecule has 1 aliphatic heterocycles. The molecule has 0 bridgehead atoms. The van der Waals surface area contributed by atoms with Crippen molar-refractivity contribution in [1.29, 1.82) is 0 Å². The highest BCUT2D eigenvalue weighted by Gasteiger charge is 2.21. The lowest BCUT2D eigenvalue weighted by Gasteiger charge is -2.32. The van der Waals surface area contributed by atoms with Gasteiger partial charge in [-0.1, -0.05) is 42.0 Å². The molecule has 0 radical (unpaired) electrons. The molecule has 148 valence electrons. The van der Waals surface area contributed by atoms with E-state index >= 15 is 0 Å². The van der Waals surface area contributed by atoms with E-state index < -0.39 is 0 Å². The van der Waals surface area contributed by atoms with Gasteiger partial charge >= 0.3 is 0 Å². The third-order valence-corrected chi connectivity index (χ3v) is 5.69. The van der Waals surface area contributed by atoms with Gasteiger partial charge in [0.1, 0.15) is 5.82 Å². The predicted octanol–water partition coefficient (Wildman–Crippen LogP) is 3.97. The molecule has 1 fully saturated rings. The van der Waals surface area contributed by atoms with Crippen LogP contribution < -0.4 is 5.32 Å². The van der Waals surface area contributed by atoms with Crippen molar-refractivity contribution in [3.63, 3.8) is 0 Å². The summed E-state index contributed by atoms with van der Waals surface area (Å²) < 4.78 is 1.86. The maximum absolute atomic E-state index is 4.84. The van der Waals surface area contributed by atoms with Crippen LogP contribution in [-0.2, 0) is 6.54 Å². The fourth-order valence-electron chi connectivity index (χ4n) is 4.24. The second-order valence-corrected chi connectivity index (χ2v) is 8.03. The molecule has 0 spiro atoms. The van der Waals surface area contributed by atoms with E-state index in [-0.39, 0.29) is 0 Å². The minimum Gasteiger partial charge on any atom is -0.351 e. The van der Waals surface area contributed by atoms with E-state index in [4.69, 9.17) is 4.98 Å². The topological polar surface area (TPSA) is 58.3 Å². The van der Waals surface area contributed by atoms with Gasteiger partial charge in [0.25, 0.3) is 0 Å². The van der Waals surface area contributed by atoms with E-state index in [2.05, 4.69) is 57.6 Å². The summed E-state index contributed by atoms with van der Waals surface area (Å²) in [7, 11) is 0. The fraction of sp³-hybridized carbons (Fsp3) is 0.348. The van der Waals surface area contributed by atoms with E-state index in [1.165, 1.54) is 11.1 Å². The molecular weight excluding hydrogens is 360 g/mol. The van der Waals surface area contributed by atoms with Gasteiger partial charge in [0.15, 0.2) is 5.65 Å². The lowest BCUT2D eigenvalue weighted by atomic mass is 10.0. The molecular formula is C23H26N6. The summed E-state index contributed by atoms with van der Waals surface area (Å²) in [6, 6.07) is 17.3. The second-order valence-electron chi connectivity index (χ2n) is 8.03. The first kappa shape index (κ1) is 18.1. The minimum absolute atomic E-state index is 0.394. The van der Waals surface area contributed by atoms with Gasteiger partial charge in [0, 0.05) is 31.1 Å². The molecule has 29 heavy (non-hydrogen) atoms. The molecule has 2 aromatic carbocycles. The Bertz CT molecular complexity index is 1160. The second kappa shape index (κ2) is 7.44. The zero-order valence-electron chi connectivity index (χ0n) is 17.0. The number of piperidine rings is 1. The number of anilines is 1. The lowest BCUT2D eigenvalue weighted by Crippen LogP contribution is -2.39. The number of nitrogens with zero attached hydrogens (tertiary/aromatic N) is 5. The van der Waals surface area contributed by atoms with Gasteiger partial charge in [-0.15, -0.1) is 5.10 Å². The number of nitrogens with one attached hydrogen (secondary N) is 1. The molecule has 1 saturated heterocycles. The fourth-order valence-corrected chi connectivity index (χ4v) is 4.24. The molecule has 1 aliphatic rings. The first-order valence-corrected chi connectivity index (χ1v) is 10.3. The molecule has 0 aliphatic carbocycles. The SMILES string of the molecule is Cc1cccc(CN2CCC(Nc3nc4ccccc4c4nc(C)nn34)CC2)c1. The van der Waals surface area contributed by atoms with Crippen LogP contribution >= 0.6 is 0 Å². The Morgan fingerprint density at radius 2 is 1.83 bits per heavy atom. The molecule has 6 nitrogen and oxygen atoms in total. The Balaban J connectivity index is 1.32. The Kier molecular flexibility index (Phi) is 4.64. The Morgan fingerprint density at radius 3 is 2.66 bits per heavy atom. The molecule has 0 amide bonds. The Labute approximate surface area is 170 Å². The van der Waals surface area contributed by atoms with Crippen LogP contribution in [0.15, 0.2) is 48.5 Å². The van der Waals surface area contributed by atoms with Crippen LogP contribution in [0.5, 0.6) is 0 Å². The van der Waals surface area contributed by atoms with Crippen molar-refractivity contribution in [3.05, 3.63) is 65.5 Å². The Hall–Kier alpha value is -2.99. The molecule has 0 atom stereocenters. The summed E-state index contributed by atoms with van der Waals surface area (Å²) >= 11 is 0. The number of aromatic nitrogens is 4. The summed E-state index contributed by atoms with van der Waals surface area (Å²) in [5.74, 6) is 1.55. The van der Waals surface area contributed by atoms with E-state index in [1.807, 2.05) is 29.6 Å². The summed E-state index contributed by atoms with van der Waals surface area (Å²) in [5.41, 5.74) is 4.54. The summed E-state index contributed by atoms with van der Waals surface area (Å²) in [4.78, 5) is 12.0. The average Bonchev–Trinajstić information content (AvgIpc) is 3.12. The molecule has 0 saturated carbocycles.